The Balaban J connectivity index is 1.85. The predicted octanol–water partition coefficient (Wildman–Crippen LogP) is 4.63. The Morgan fingerprint density at radius 2 is 1.68 bits per heavy atom. The lowest BCUT2D eigenvalue weighted by Gasteiger charge is -2.11. The van der Waals surface area contributed by atoms with Crippen molar-refractivity contribution in [1.29, 1.82) is 0 Å². The Labute approximate surface area is 179 Å². The first-order chi connectivity index (χ1) is 13.2. The van der Waals surface area contributed by atoms with E-state index in [0.717, 1.165) is 28.2 Å². The van der Waals surface area contributed by atoms with Gasteiger partial charge >= 0.3 is 0 Å². The van der Waals surface area contributed by atoms with Crippen LogP contribution in [0.25, 0.3) is 5.69 Å². The molecule has 0 unspecified atom stereocenters. The summed E-state index contributed by atoms with van der Waals surface area (Å²) in [5, 5.41) is 3.98. The second-order valence-electron chi connectivity index (χ2n) is 6.76. The maximum atomic E-state index is 12.4. The number of benzene rings is 2. The Kier molecular flexibility index (Phi) is 5.95. The monoisotopic (exact) mass is 507 g/mol. The second kappa shape index (κ2) is 8.08. The maximum Gasteiger partial charge on any atom is 0.276 e. The molecule has 5 nitrogen and oxygen atoms in total. The Bertz CT molecular complexity index is 1150. The lowest BCUT2D eigenvalue weighted by Crippen LogP contribution is -2.18. The van der Waals surface area contributed by atoms with Crippen molar-refractivity contribution in [3.05, 3.63) is 80.2 Å². The zero-order chi connectivity index (χ0) is 20.5. The topological polar surface area (TPSA) is 63.5 Å². The summed E-state index contributed by atoms with van der Waals surface area (Å²) in [4.78, 5) is 2.48. The van der Waals surface area contributed by atoms with Gasteiger partial charge in [0.25, 0.3) is 10.0 Å². The van der Waals surface area contributed by atoms with E-state index in [1.807, 2.05) is 26.8 Å². The first-order valence-corrected chi connectivity index (χ1v) is 11.3. The van der Waals surface area contributed by atoms with Crippen molar-refractivity contribution in [3.8, 4) is 5.69 Å². The molecule has 0 aliphatic heterocycles. The average Bonchev–Trinajstić information content (AvgIpc) is 2.91. The van der Waals surface area contributed by atoms with Gasteiger partial charge in [-0.15, -0.1) is 0 Å². The number of hydrazone groups is 1. The van der Waals surface area contributed by atoms with E-state index in [1.165, 1.54) is 9.13 Å². The van der Waals surface area contributed by atoms with Crippen LogP contribution >= 0.6 is 22.6 Å². The molecule has 1 aromatic heterocycles. The first kappa shape index (κ1) is 20.6. The van der Waals surface area contributed by atoms with Gasteiger partial charge < -0.3 is 4.57 Å². The van der Waals surface area contributed by atoms with Gasteiger partial charge in [-0.1, -0.05) is 17.7 Å². The van der Waals surface area contributed by atoms with Gasteiger partial charge in [0.05, 0.1) is 11.1 Å². The van der Waals surface area contributed by atoms with E-state index in [4.69, 9.17) is 0 Å². The number of sulfonamides is 1. The molecule has 28 heavy (non-hydrogen) atoms. The summed E-state index contributed by atoms with van der Waals surface area (Å²) in [6.45, 7) is 8.01. The molecule has 0 fully saturated rings. The lowest BCUT2D eigenvalue weighted by molar-refractivity contribution is 0.584. The van der Waals surface area contributed by atoms with E-state index in [-0.39, 0.29) is 4.90 Å². The third kappa shape index (κ3) is 4.30. The summed E-state index contributed by atoms with van der Waals surface area (Å²) < 4.78 is 28.1. The third-order valence-electron chi connectivity index (χ3n) is 4.58. The largest absolute Gasteiger partial charge is 0.318 e. The minimum Gasteiger partial charge on any atom is -0.318 e. The summed E-state index contributed by atoms with van der Waals surface area (Å²) in [5.74, 6) is 0. The van der Waals surface area contributed by atoms with Crippen LogP contribution in [0.2, 0.25) is 0 Å². The number of rotatable bonds is 5. The SMILES string of the molecule is Cc1ccc(S(=O)(=O)N/N=C\c2cc(C)n(-c3ccc(I)c(C)c3)c2C)cc1. The molecule has 0 saturated carbocycles. The van der Waals surface area contributed by atoms with Crippen LogP contribution in [0, 0.1) is 31.3 Å². The Hall–Kier alpha value is -2.13. The van der Waals surface area contributed by atoms with Gasteiger partial charge in [-0.3, -0.25) is 0 Å². The number of halogens is 1. The van der Waals surface area contributed by atoms with Gasteiger partial charge in [0.1, 0.15) is 0 Å². The third-order valence-corrected chi connectivity index (χ3v) is 7.03. The summed E-state index contributed by atoms with van der Waals surface area (Å²) in [5.41, 5.74) is 6.21. The van der Waals surface area contributed by atoms with Crippen LogP contribution in [0.15, 0.2) is 58.5 Å². The summed E-state index contributed by atoms with van der Waals surface area (Å²) >= 11 is 2.32. The van der Waals surface area contributed by atoms with Crippen LogP contribution in [0.4, 0.5) is 0 Å². The summed E-state index contributed by atoms with van der Waals surface area (Å²) in [6.07, 6.45) is 1.55. The highest BCUT2D eigenvalue weighted by atomic mass is 127. The highest BCUT2D eigenvalue weighted by Crippen LogP contribution is 2.22. The molecular formula is C21H22IN3O2S. The number of aromatic nitrogens is 1. The highest BCUT2D eigenvalue weighted by molar-refractivity contribution is 14.1. The van der Waals surface area contributed by atoms with E-state index in [1.54, 1.807) is 30.5 Å². The van der Waals surface area contributed by atoms with E-state index in [0.29, 0.717) is 0 Å². The molecule has 0 atom stereocenters. The standard InChI is InChI=1S/C21H22IN3O2S/c1-14-5-8-20(9-6-14)28(26,27)24-23-13-18-12-16(3)25(17(18)4)19-7-10-21(22)15(2)11-19/h5-13,24H,1-4H3/b23-13-. The van der Waals surface area contributed by atoms with Crippen LogP contribution in [0.3, 0.4) is 0 Å². The molecule has 3 rings (SSSR count). The van der Waals surface area contributed by atoms with Gasteiger partial charge in [0.2, 0.25) is 0 Å². The predicted molar refractivity (Wildman–Crippen MR) is 122 cm³/mol. The van der Waals surface area contributed by atoms with Crippen LogP contribution < -0.4 is 4.83 Å². The second-order valence-corrected chi connectivity index (χ2v) is 9.58. The zero-order valence-electron chi connectivity index (χ0n) is 16.2. The number of hydrogen-bond donors (Lipinski definition) is 1. The molecule has 0 aliphatic rings. The Morgan fingerprint density at radius 3 is 2.32 bits per heavy atom. The maximum absolute atomic E-state index is 12.4. The molecule has 146 valence electrons. The number of aryl methyl sites for hydroxylation is 3. The molecule has 0 amide bonds. The van der Waals surface area contributed by atoms with Gasteiger partial charge in [0, 0.05) is 26.2 Å². The molecule has 0 radical (unpaired) electrons. The van der Waals surface area contributed by atoms with Crippen LogP contribution in [-0.2, 0) is 10.0 Å². The van der Waals surface area contributed by atoms with Crippen molar-refractivity contribution >= 4 is 38.8 Å². The van der Waals surface area contributed by atoms with E-state index in [9.17, 15) is 8.42 Å². The molecule has 7 heteroatoms. The van der Waals surface area contributed by atoms with Crippen molar-refractivity contribution in [3.63, 3.8) is 0 Å². The van der Waals surface area contributed by atoms with Crippen LogP contribution in [0.1, 0.15) is 28.1 Å². The fourth-order valence-electron chi connectivity index (χ4n) is 3.02. The van der Waals surface area contributed by atoms with Crippen molar-refractivity contribution in [2.75, 3.05) is 0 Å². The molecule has 0 saturated heterocycles. The van der Waals surface area contributed by atoms with Gasteiger partial charge in [-0.05, 0) is 92.2 Å². The molecule has 1 N–H and O–H groups in total. The van der Waals surface area contributed by atoms with Crippen molar-refractivity contribution < 1.29 is 8.42 Å². The van der Waals surface area contributed by atoms with Crippen molar-refractivity contribution in [2.45, 2.75) is 32.6 Å². The summed E-state index contributed by atoms with van der Waals surface area (Å²) in [7, 11) is -3.68. The quantitative estimate of drug-likeness (QED) is 0.311. The molecule has 1 heterocycles. The van der Waals surface area contributed by atoms with Crippen LogP contribution in [0.5, 0.6) is 0 Å². The molecular weight excluding hydrogens is 485 g/mol. The fraction of sp³-hybridized carbons (Fsp3) is 0.190. The minimum absolute atomic E-state index is 0.190. The summed E-state index contributed by atoms with van der Waals surface area (Å²) in [6, 6.07) is 15.0. The van der Waals surface area contributed by atoms with E-state index in [2.05, 4.69) is 62.2 Å². The lowest BCUT2D eigenvalue weighted by atomic mass is 10.2. The smallest absolute Gasteiger partial charge is 0.276 e. The highest BCUT2D eigenvalue weighted by Gasteiger charge is 2.13. The minimum atomic E-state index is -3.68. The van der Waals surface area contributed by atoms with Gasteiger partial charge in [-0.2, -0.15) is 13.5 Å². The average molecular weight is 507 g/mol. The molecule has 0 bridgehead atoms. The molecule has 2 aromatic carbocycles. The van der Waals surface area contributed by atoms with E-state index < -0.39 is 10.0 Å². The first-order valence-electron chi connectivity index (χ1n) is 8.76. The van der Waals surface area contributed by atoms with E-state index >= 15 is 0 Å². The zero-order valence-corrected chi connectivity index (χ0v) is 19.2. The number of nitrogens with zero attached hydrogens (tertiary/aromatic N) is 2. The molecule has 3 aromatic rings. The van der Waals surface area contributed by atoms with Gasteiger partial charge in [-0.25, -0.2) is 4.83 Å². The van der Waals surface area contributed by atoms with Gasteiger partial charge in [0.15, 0.2) is 0 Å². The molecule has 0 spiro atoms. The van der Waals surface area contributed by atoms with Crippen LogP contribution in [-0.4, -0.2) is 19.2 Å². The molecule has 0 aliphatic carbocycles. The number of nitrogens with one attached hydrogen (secondary N) is 1. The fourth-order valence-corrected chi connectivity index (χ4v) is 4.15. The van der Waals surface area contributed by atoms with Crippen molar-refractivity contribution in [1.82, 2.24) is 9.40 Å². The Morgan fingerprint density at radius 1 is 1.00 bits per heavy atom. The number of hydrogen-bond acceptors (Lipinski definition) is 3. The van der Waals surface area contributed by atoms with Crippen molar-refractivity contribution in [2.24, 2.45) is 5.10 Å². The normalized spacial score (nSPS) is 11.9.